The van der Waals surface area contributed by atoms with Crippen LogP contribution in [0, 0.1) is 6.92 Å². The van der Waals surface area contributed by atoms with Crippen LogP contribution in [0.3, 0.4) is 0 Å². The van der Waals surface area contributed by atoms with Gasteiger partial charge in [-0.25, -0.2) is 9.97 Å². The molecule has 5 nitrogen and oxygen atoms in total. The minimum atomic E-state index is 0.646. The molecule has 0 bridgehead atoms. The fraction of sp³-hybridized carbons (Fsp3) is 0.200. The van der Waals surface area contributed by atoms with Gasteiger partial charge in [0.15, 0.2) is 0 Å². The van der Waals surface area contributed by atoms with Crippen molar-refractivity contribution in [3.63, 3.8) is 0 Å². The van der Waals surface area contributed by atoms with Crippen molar-refractivity contribution in [3.8, 4) is 5.69 Å². The Morgan fingerprint density at radius 2 is 2.00 bits per heavy atom. The molecule has 3 rings (SSSR count). The van der Waals surface area contributed by atoms with Crippen LogP contribution in [-0.4, -0.2) is 19.1 Å². The highest BCUT2D eigenvalue weighted by Crippen LogP contribution is 2.16. The van der Waals surface area contributed by atoms with Gasteiger partial charge < -0.3 is 9.88 Å². The first-order valence-corrected chi connectivity index (χ1v) is 6.55. The zero-order chi connectivity index (χ0) is 13.9. The Balaban J connectivity index is 1.85. The number of nitrogens with one attached hydrogen (secondary N) is 1. The molecular weight excluding hydrogens is 250 g/mol. The van der Waals surface area contributed by atoms with Crippen molar-refractivity contribution in [2.45, 2.75) is 13.5 Å². The lowest BCUT2D eigenvalue weighted by Gasteiger charge is -2.09. The van der Waals surface area contributed by atoms with E-state index in [1.807, 2.05) is 49.1 Å². The molecule has 2 aromatic heterocycles. The van der Waals surface area contributed by atoms with Crippen molar-refractivity contribution >= 4 is 5.95 Å². The Morgan fingerprint density at radius 1 is 1.20 bits per heavy atom. The van der Waals surface area contributed by atoms with Crippen LogP contribution in [-0.2, 0) is 13.6 Å². The van der Waals surface area contributed by atoms with Gasteiger partial charge in [0.2, 0.25) is 5.95 Å². The number of nitrogens with zero attached hydrogens (tertiary/aromatic N) is 4. The maximum atomic E-state index is 4.53. The Labute approximate surface area is 117 Å². The summed E-state index contributed by atoms with van der Waals surface area (Å²) in [5.74, 6) is 1.81. The molecule has 1 aromatic carbocycles. The van der Waals surface area contributed by atoms with Gasteiger partial charge in [-0.05, 0) is 19.1 Å². The van der Waals surface area contributed by atoms with E-state index in [1.54, 1.807) is 6.20 Å². The molecule has 0 spiro atoms. The molecule has 2 heterocycles. The van der Waals surface area contributed by atoms with Crippen molar-refractivity contribution in [1.29, 1.82) is 0 Å². The lowest BCUT2D eigenvalue weighted by Crippen LogP contribution is -2.09. The van der Waals surface area contributed by atoms with Gasteiger partial charge in [0.1, 0.15) is 5.82 Å². The molecule has 3 aromatic rings. The zero-order valence-corrected chi connectivity index (χ0v) is 11.6. The number of hydrogen-bond acceptors (Lipinski definition) is 3. The summed E-state index contributed by atoms with van der Waals surface area (Å²) < 4.78 is 4.05. The fourth-order valence-corrected chi connectivity index (χ4v) is 2.13. The van der Waals surface area contributed by atoms with Crippen LogP contribution in [0.1, 0.15) is 11.5 Å². The molecule has 1 N–H and O–H groups in total. The number of rotatable bonds is 4. The molecule has 0 atom stereocenters. The predicted octanol–water partition coefficient (Wildman–Crippen LogP) is 2.53. The third-order valence-electron chi connectivity index (χ3n) is 3.19. The lowest BCUT2D eigenvalue weighted by molar-refractivity contribution is 0.806. The second-order valence-electron chi connectivity index (χ2n) is 4.72. The van der Waals surface area contributed by atoms with Gasteiger partial charge in [0.25, 0.3) is 0 Å². The molecule has 0 fully saturated rings. The van der Waals surface area contributed by atoms with Crippen molar-refractivity contribution in [3.05, 3.63) is 60.4 Å². The third kappa shape index (κ3) is 2.42. The number of aryl methyl sites for hydroxylation is 2. The van der Waals surface area contributed by atoms with E-state index in [1.165, 1.54) is 0 Å². The second-order valence-corrected chi connectivity index (χ2v) is 4.72. The van der Waals surface area contributed by atoms with Gasteiger partial charge in [-0.2, -0.15) is 0 Å². The van der Waals surface area contributed by atoms with Crippen LogP contribution in [0.2, 0.25) is 0 Å². The Bertz CT molecular complexity index is 696. The summed E-state index contributed by atoms with van der Waals surface area (Å²) in [6, 6.07) is 10.2. The summed E-state index contributed by atoms with van der Waals surface area (Å²) >= 11 is 0. The normalized spacial score (nSPS) is 10.7. The molecule has 0 amide bonds. The van der Waals surface area contributed by atoms with E-state index < -0.39 is 0 Å². The largest absolute Gasteiger partial charge is 0.348 e. The highest BCUT2D eigenvalue weighted by molar-refractivity contribution is 5.42. The zero-order valence-electron chi connectivity index (χ0n) is 11.6. The Hall–Kier alpha value is -2.56. The van der Waals surface area contributed by atoms with Crippen LogP contribution >= 0.6 is 0 Å². The van der Waals surface area contributed by atoms with Crippen molar-refractivity contribution in [2.75, 3.05) is 5.32 Å². The topological polar surface area (TPSA) is 47.7 Å². The maximum Gasteiger partial charge on any atom is 0.208 e. The molecule has 0 saturated carbocycles. The Kier molecular flexibility index (Phi) is 3.25. The van der Waals surface area contributed by atoms with E-state index in [0.717, 1.165) is 23.2 Å². The molecule has 0 aliphatic rings. The fourth-order valence-electron chi connectivity index (χ4n) is 2.13. The molecule has 0 aliphatic carbocycles. The van der Waals surface area contributed by atoms with Gasteiger partial charge in [0.05, 0.1) is 12.2 Å². The first-order chi connectivity index (χ1) is 9.74. The SMILES string of the molecule is Cc1cn(-c2ccccc2)c(NCc2nccn2C)n1. The first-order valence-electron chi connectivity index (χ1n) is 6.55. The van der Waals surface area contributed by atoms with Crippen LogP contribution in [0.5, 0.6) is 0 Å². The summed E-state index contributed by atoms with van der Waals surface area (Å²) in [7, 11) is 1.99. The number of hydrogen-bond donors (Lipinski definition) is 1. The minimum Gasteiger partial charge on any atom is -0.348 e. The van der Waals surface area contributed by atoms with Gasteiger partial charge in [-0.1, -0.05) is 18.2 Å². The Morgan fingerprint density at radius 3 is 2.70 bits per heavy atom. The number of benzene rings is 1. The summed E-state index contributed by atoms with van der Waals surface area (Å²) in [5, 5.41) is 3.34. The van der Waals surface area contributed by atoms with E-state index >= 15 is 0 Å². The molecule has 0 saturated heterocycles. The van der Waals surface area contributed by atoms with E-state index in [9.17, 15) is 0 Å². The first kappa shape index (κ1) is 12.5. The predicted molar refractivity (Wildman–Crippen MR) is 78.8 cm³/mol. The van der Waals surface area contributed by atoms with E-state index in [0.29, 0.717) is 6.54 Å². The molecule has 0 unspecified atom stereocenters. The van der Waals surface area contributed by atoms with E-state index in [4.69, 9.17) is 0 Å². The average Bonchev–Trinajstić information content (AvgIpc) is 3.03. The van der Waals surface area contributed by atoms with Crippen LogP contribution in [0.15, 0.2) is 48.9 Å². The molecular formula is C15H17N5. The van der Waals surface area contributed by atoms with Crippen molar-refractivity contribution in [2.24, 2.45) is 7.05 Å². The second kappa shape index (κ2) is 5.21. The number of aromatic nitrogens is 4. The summed E-state index contributed by atoms with van der Waals surface area (Å²) in [5.41, 5.74) is 2.08. The van der Waals surface area contributed by atoms with Crippen LogP contribution in [0.4, 0.5) is 5.95 Å². The quantitative estimate of drug-likeness (QED) is 0.790. The van der Waals surface area contributed by atoms with Crippen LogP contribution < -0.4 is 5.32 Å². The number of anilines is 1. The molecule has 5 heteroatoms. The van der Waals surface area contributed by atoms with Crippen molar-refractivity contribution < 1.29 is 0 Å². The van der Waals surface area contributed by atoms with Gasteiger partial charge in [0, 0.05) is 31.3 Å². The maximum absolute atomic E-state index is 4.53. The van der Waals surface area contributed by atoms with E-state index in [-0.39, 0.29) is 0 Å². The minimum absolute atomic E-state index is 0.646. The molecule has 0 radical (unpaired) electrons. The summed E-state index contributed by atoms with van der Waals surface area (Å²) in [4.78, 5) is 8.83. The highest BCUT2D eigenvalue weighted by Gasteiger charge is 2.08. The standard InChI is InChI=1S/C15H17N5/c1-12-11-20(13-6-4-3-5-7-13)15(18-12)17-10-14-16-8-9-19(14)2/h3-9,11H,10H2,1-2H3,(H,17,18). The molecule has 20 heavy (non-hydrogen) atoms. The monoisotopic (exact) mass is 267 g/mol. The number of imidazole rings is 2. The molecule has 0 aliphatic heterocycles. The van der Waals surface area contributed by atoms with Gasteiger partial charge in [-0.15, -0.1) is 0 Å². The highest BCUT2D eigenvalue weighted by atomic mass is 15.2. The van der Waals surface area contributed by atoms with Crippen LogP contribution in [0.25, 0.3) is 5.69 Å². The van der Waals surface area contributed by atoms with Gasteiger partial charge >= 0.3 is 0 Å². The summed E-state index contributed by atoms with van der Waals surface area (Å²) in [6.45, 7) is 2.64. The van der Waals surface area contributed by atoms with Crippen molar-refractivity contribution in [1.82, 2.24) is 19.1 Å². The summed E-state index contributed by atoms with van der Waals surface area (Å²) in [6.07, 6.45) is 5.76. The average molecular weight is 267 g/mol. The third-order valence-corrected chi connectivity index (χ3v) is 3.19. The smallest absolute Gasteiger partial charge is 0.208 e. The lowest BCUT2D eigenvalue weighted by atomic mass is 10.3. The molecule has 102 valence electrons. The number of para-hydroxylation sites is 1. The van der Waals surface area contributed by atoms with Gasteiger partial charge in [-0.3, -0.25) is 4.57 Å². The van der Waals surface area contributed by atoms with E-state index in [2.05, 4.69) is 32.0 Å².